The van der Waals surface area contributed by atoms with Crippen molar-refractivity contribution in [3.63, 3.8) is 0 Å². The number of hydrogen-bond donors (Lipinski definition) is 0. The van der Waals surface area contributed by atoms with Crippen LogP contribution in [0.1, 0.15) is 11.1 Å². The Labute approximate surface area is 99.5 Å². The monoisotopic (exact) mass is 216 g/mol. The molecule has 17 heavy (non-hydrogen) atoms. The fraction of sp³-hybridized carbons (Fsp3) is 0.0588. The number of benzene rings is 2. The molecule has 0 amide bonds. The highest BCUT2D eigenvalue weighted by atomic mass is 14.1. The average Bonchev–Trinajstić information content (AvgIpc) is 2.57. The lowest BCUT2D eigenvalue weighted by atomic mass is 9.97. The predicted molar refractivity (Wildman–Crippen MR) is 71.5 cm³/mol. The van der Waals surface area contributed by atoms with Crippen molar-refractivity contribution in [2.75, 3.05) is 0 Å². The van der Waals surface area contributed by atoms with Crippen molar-refractivity contribution in [3.8, 4) is 0 Å². The van der Waals surface area contributed by atoms with Crippen molar-refractivity contribution in [1.29, 1.82) is 0 Å². The first-order valence-corrected chi connectivity index (χ1v) is 6.03. The molecule has 0 aliphatic heterocycles. The Balaban J connectivity index is 2.53. The SMILES string of the molecule is C1=Cc2cccc3c2=c2c(cccc2=C1)CC=3. The summed E-state index contributed by atoms with van der Waals surface area (Å²) in [7, 11) is 0. The lowest BCUT2D eigenvalue weighted by molar-refractivity contribution is 1.21. The van der Waals surface area contributed by atoms with Gasteiger partial charge in [-0.3, -0.25) is 0 Å². The zero-order valence-electron chi connectivity index (χ0n) is 9.48. The summed E-state index contributed by atoms with van der Waals surface area (Å²) in [6.45, 7) is 0. The normalized spacial score (nSPS) is 14.4. The van der Waals surface area contributed by atoms with Crippen LogP contribution < -0.4 is 10.4 Å². The molecule has 2 aliphatic carbocycles. The molecule has 0 heterocycles. The zero-order valence-corrected chi connectivity index (χ0v) is 9.48. The van der Waals surface area contributed by atoms with E-state index in [2.05, 4.69) is 60.7 Å². The van der Waals surface area contributed by atoms with Crippen molar-refractivity contribution in [2.45, 2.75) is 6.42 Å². The van der Waals surface area contributed by atoms with Crippen molar-refractivity contribution in [2.24, 2.45) is 0 Å². The van der Waals surface area contributed by atoms with E-state index >= 15 is 0 Å². The van der Waals surface area contributed by atoms with Gasteiger partial charge in [-0.05, 0) is 38.4 Å². The Hall–Kier alpha value is -2.08. The van der Waals surface area contributed by atoms with Crippen LogP contribution in [0.4, 0.5) is 0 Å². The average molecular weight is 216 g/mol. The molecular formula is C17H12. The molecule has 80 valence electrons. The molecule has 0 N–H and O–H groups in total. The lowest BCUT2D eigenvalue weighted by Crippen LogP contribution is -2.16. The highest BCUT2D eigenvalue weighted by Gasteiger charge is 2.06. The molecule has 4 rings (SSSR count). The van der Waals surface area contributed by atoms with E-state index in [9.17, 15) is 0 Å². The summed E-state index contributed by atoms with van der Waals surface area (Å²) in [6.07, 6.45) is 9.97. The van der Waals surface area contributed by atoms with Crippen LogP contribution >= 0.6 is 0 Å². The van der Waals surface area contributed by atoms with Crippen molar-refractivity contribution < 1.29 is 0 Å². The molecule has 2 aromatic rings. The molecule has 2 aromatic carbocycles. The second kappa shape index (κ2) is 3.21. The molecule has 2 aliphatic rings. The number of hydrogen-bond acceptors (Lipinski definition) is 0. The minimum absolute atomic E-state index is 1.05. The Morgan fingerprint density at radius 2 is 1.71 bits per heavy atom. The fourth-order valence-corrected chi connectivity index (χ4v) is 2.90. The third-order valence-corrected chi connectivity index (χ3v) is 3.66. The van der Waals surface area contributed by atoms with Gasteiger partial charge >= 0.3 is 0 Å². The van der Waals surface area contributed by atoms with Gasteiger partial charge in [0, 0.05) is 0 Å². The van der Waals surface area contributed by atoms with Gasteiger partial charge in [-0.25, -0.2) is 0 Å². The molecule has 0 heteroatoms. The quantitative estimate of drug-likeness (QED) is 0.633. The van der Waals surface area contributed by atoms with E-state index in [0.717, 1.165) is 6.42 Å². The van der Waals surface area contributed by atoms with Gasteiger partial charge < -0.3 is 0 Å². The van der Waals surface area contributed by atoms with Gasteiger partial charge in [0.2, 0.25) is 0 Å². The third kappa shape index (κ3) is 1.18. The summed E-state index contributed by atoms with van der Waals surface area (Å²) in [4.78, 5) is 0. The largest absolute Gasteiger partial charge is 0.0722 e. The second-order valence-electron chi connectivity index (χ2n) is 4.63. The van der Waals surface area contributed by atoms with Crippen LogP contribution in [-0.4, -0.2) is 0 Å². The highest BCUT2D eigenvalue weighted by Crippen LogP contribution is 2.12. The zero-order chi connectivity index (χ0) is 11.2. The van der Waals surface area contributed by atoms with Crippen LogP contribution in [0.3, 0.4) is 0 Å². The topological polar surface area (TPSA) is 0 Å². The molecule has 0 spiro atoms. The van der Waals surface area contributed by atoms with E-state index in [0.29, 0.717) is 0 Å². The Kier molecular flexibility index (Phi) is 1.70. The molecule has 0 nitrogen and oxygen atoms in total. The maximum absolute atomic E-state index is 2.34. The van der Waals surface area contributed by atoms with Gasteiger partial charge in [0.05, 0.1) is 0 Å². The van der Waals surface area contributed by atoms with Gasteiger partial charge in [0.1, 0.15) is 0 Å². The van der Waals surface area contributed by atoms with E-state index in [1.54, 1.807) is 0 Å². The van der Waals surface area contributed by atoms with Crippen LogP contribution in [0.25, 0.3) is 18.2 Å². The molecule has 0 fully saturated rings. The van der Waals surface area contributed by atoms with Crippen LogP contribution in [0.5, 0.6) is 0 Å². The summed E-state index contributed by atoms with van der Waals surface area (Å²) in [6, 6.07) is 13.2. The Morgan fingerprint density at radius 3 is 2.71 bits per heavy atom. The molecule has 0 saturated heterocycles. The van der Waals surface area contributed by atoms with Crippen LogP contribution in [0, 0.1) is 10.4 Å². The molecule has 0 aromatic heterocycles. The maximum Gasteiger partial charge on any atom is -0.00330 e. The van der Waals surface area contributed by atoms with Gasteiger partial charge in [0.15, 0.2) is 0 Å². The van der Waals surface area contributed by atoms with Gasteiger partial charge in [-0.1, -0.05) is 60.7 Å². The minimum atomic E-state index is 1.05. The molecule has 0 atom stereocenters. The Morgan fingerprint density at radius 1 is 0.824 bits per heavy atom. The van der Waals surface area contributed by atoms with E-state index in [1.165, 1.54) is 32.0 Å². The summed E-state index contributed by atoms with van der Waals surface area (Å²) < 4.78 is 0. The summed E-state index contributed by atoms with van der Waals surface area (Å²) >= 11 is 0. The number of rotatable bonds is 0. The minimum Gasteiger partial charge on any atom is -0.0722 e. The van der Waals surface area contributed by atoms with Crippen molar-refractivity contribution in [1.82, 2.24) is 0 Å². The summed E-state index contributed by atoms with van der Waals surface area (Å²) in [5.41, 5.74) is 2.78. The smallest absolute Gasteiger partial charge is 0.00330 e. The van der Waals surface area contributed by atoms with E-state index in [-0.39, 0.29) is 0 Å². The first-order valence-electron chi connectivity index (χ1n) is 6.03. The van der Waals surface area contributed by atoms with E-state index in [1.807, 2.05) is 0 Å². The standard InChI is InChI=1S/C17H12/c1-4-12-6-2-8-14-10-11-15-9-3-7-13(5-1)17(15)16(12)14/h1-10H,11H2. The van der Waals surface area contributed by atoms with E-state index < -0.39 is 0 Å². The molecule has 0 bridgehead atoms. The van der Waals surface area contributed by atoms with Gasteiger partial charge in [0.25, 0.3) is 0 Å². The van der Waals surface area contributed by atoms with Crippen LogP contribution in [0.2, 0.25) is 0 Å². The molecule has 0 saturated carbocycles. The summed E-state index contributed by atoms with van der Waals surface area (Å²) in [5.74, 6) is 0. The molecule has 0 radical (unpaired) electrons. The summed E-state index contributed by atoms with van der Waals surface area (Å²) in [5, 5.41) is 5.57. The van der Waals surface area contributed by atoms with E-state index in [4.69, 9.17) is 0 Å². The second-order valence-corrected chi connectivity index (χ2v) is 4.63. The predicted octanol–water partition coefficient (Wildman–Crippen LogP) is 2.12. The van der Waals surface area contributed by atoms with Crippen molar-refractivity contribution >= 4 is 18.2 Å². The highest BCUT2D eigenvalue weighted by molar-refractivity contribution is 5.62. The molecule has 0 unspecified atom stereocenters. The maximum atomic E-state index is 2.34. The van der Waals surface area contributed by atoms with Crippen LogP contribution in [-0.2, 0) is 6.42 Å². The van der Waals surface area contributed by atoms with Gasteiger partial charge in [-0.2, -0.15) is 0 Å². The van der Waals surface area contributed by atoms with Gasteiger partial charge in [-0.15, -0.1) is 0 Å². The van der Waals surface area contributed by atoms with Crippen LogP contribution in [0.15, 0.2) is 42.5 Å². The fourth-order valence-electron chi connectivity index (χ4n) is 2.90. The number of allylic oxidation sites excluding steroid dienone is 1. The molecular weight excluding hydrogens is 204 g/mol. The third-order valence-electron chi connectivity index (χ3n) is 3.66. The first-order chi connectivity index (χ1) is 8.43. The van der Waals surface area contributed by atoms with Crippen molar-refractivity contribution in [3.05, 3.63) is 74.5 Å². The first kappa shape index (κ1) is 9.00. The lowest BCUT2D eigenvalue weighted by Gasteiger charge is -2.07. The Bertz CT molecular complexity index is 852.